The van der Waals surface area contributed by atoms with Crippen molar-refractivity contribution in [3.05, 3.63) is 29.0 Å². The summed E-state index contributed by atoms with van der Waals surface area (Å²) in [5.74, 6) is -0.504. The normalized spacial score (nSPS) is 15.1. The molecular weight excluding hydrogens is 332 g/mol. The number of carbonyl (C=O) groups excluding carboxylic acids is 1. The Morgan fingerprint density at radius 3 is 2.52 bits per heavy atom. The van der Waals surface area contributed by atoms with Crippen LogP contribution >= 0.6 is 11.6 Å². The first-order valence-corrected chi connectivity index (χ1v) is 11.0. The van der Waals surface area contributed by atoms with Gasteiger partial charge in [0.2, 0.25) is 0 Å². The quantitative estimate of drug-likeness (QED) is 0.477. The number of halogens is 1. The maximum absolute atomic E-state index is 12.1. The minimum atomic E-state index is -2.18. The van der Waals surface area contributed by atoms with Gasteiger partial charge in [-0.1, -0.05) is 38.4 Å². The monoisotopic (exact) mass is 358 g/mol. The molecule has 0 aliphatic rings. The maximum Gasteiger partial charge on any atom is 0.325 e. The zero-order valence-electron chi connectivity index (χ0n) is 14.7. The first-order valence-electron chi connectivity index (χ1n) is 7.71. The van der Waals surface area contributed by atoms with Crippen molar-refractivity contribution in [1.29, 1.82) is 0 Å². The molecule has 0 fully saturated rings. The fourth-order valence-corrected chi connectivity index (χ4v) is 3.29. The third-order valence-electron chi connectivity index (χ3n) is 4.21. The summed E-state index contributed by atoms with van der Waals surface area (Å²) in [6, 6.07) is 2.58. The third-order valence-corrected chi connectivity index (χ3v) is 8.98. The highest BCUT2D eigenvalue weighted by Gasteiger charge is 2.42. The molecule has 1 aromatic rings. The van der Waals surface area contributed by atoms with Crippen LogP contribution < -0.4 is 5.73 Å². The van der Waals surface area contributed by atoms with Crippen molar-refractivity contribution in [2.45, 2.75) is 58.0 Å². The van der Waals surface area contributed by atoms with Crippen LogP contribution in [0.3, 0.4) is 0 Å². The summed E-state index contributed by atoms with van der Waals surface area (Å²) >= 11 is 6.20. The smallest absolute Gasteiger partial charge is 0.325 e. The standard InChI is InChI=1S/C16H27ClN2O3Si/c1-7-21-15(20)12(18)13(11-9-8-10-19-14(11)17)22-23(5,6)16(2,3)4/h8-10,12-13H,7,18H2,1-6H3. The molecule has 0 aliphatic heterocycles. The van der Waals surface area contributed by atoms with E-state index in [-0.39, 0.29) is 16.8 Å². The van der Waals surface area contributed by atoms with Gasteiger partial charge in [-0.2, -0.15) is 0 Å². The van der Waals surface area contributed by atoms with Crippen LogP contribution in [0.15, 0.2) is 18.3 Å². The summed E-state index contributed by atoms with van der Waals surface area (Å²) in [5.41, 5.74) is 6.75. The van der Waals surface area contributed by atoms with Gasteiger partial charge in [0.1, 0.15) is 11.2 Å². The van der Waals surface area contributed by atoms with Crippen LogP contribution in [0.25, 0.3) is 0 Å². The lowest BCUT2D eigenvalue weighted by Crippen LogP contribution is -2.48. The van der Waals surface area contributed by atoms with Gasteiger partial charge in [-0.15, -0.1) is 0 Å². The van der Waals surface area contributed by atoms with Gasteiger partial charge >= 0.3 is 5.97 Å². The van der Waals surface area contributed by atoms with E-state index >= 15 is 0 Å². The highest BCUT2D eigenvalue weighted by atomic mass is 35.5. The first-order chi connectivity index (χ1) is 10.5. The van der Waals surface area contributed by atoms with Crippen molar-refractivity contribution in [1.82, 2.24) is 4.98 Å². The number of nitrogens with zero attached hydrogens (tertiary/aromatic N) is 1. The number of hydrogen-bond donors (Lipinski definition) is 1. The van der Waals surface area contributed by atoms with Gasteiger partial charge in [0.15, 0.2) is 8.32 Å². The van der Waals surface area contributed by atoms with Crippen LogP contribution in [0.1, 0.15) is 39.4 Å². The Kier molecular flexibility index (Phi) is 6.77. The SMILES string of the molecule is CCOC(=O)C(N)C(O[Si](C)(C)C(C)(C)C)c1cccnc1Cl. The van der Waals surface area contributed by atoms with E-state index in [0.29, 0.717) is 5.56 Å². The van der Waals surface area contributed by atoms with Gasteiger partial charge in [-0.25, -0.2) is 4.98 Å². The van der Waals surface area contributed by atoms with Crippen molar-refractivity contribution >= 4 is 25.9 Å². The van der Waals surface area contributed by atoms with Gasteiger partial charge in [0.25, 0.3) is 0 Å². The lowest BCUT2D eigenvalue weighted by molar-refractivity contribution is -0.147. The molecule has 7 heteroatoms. The zero-order chi connectivity index (χ0) is 17.8. The fraction of sp³-hybridized carbons (Fsp3) is 0.625. The molecule has 0 saturated carbocycles. The molecule has 0 radical (unpaired) electrons. The molecule has 0 spiro atoms. The number of rotatable bonds is 6. The minimum Gasteiger partial charge on any atom is -0.465 e. The lowest BCUT2D eigenvalue weighted by atomic mass is 10.1. The van der Waals surface area contributed by atoms with E-state index in [1.165, 1.54) is 0 Å². The molecule has 0 aliphatic carbocycles. The summed E-state index contributed by atoms with van der Waals surface area (Å²) in [6.07, 6.45) is 0.904. The van der Waals surface area contributed by atoms with Crippen molar-refractivity contribution < 1.29 is 14.0 Å². The predicted molar refractivity (Wildman–Crippen MR) is 94.9 cm³/mol. The molecule has 1 rings (SSSR count). The molecule has 1 heterocycles. The van der Waals surface area contributed by atoms with Gasteiger partial charge in [-0.3, -0.25) is 4.79 Å². The molecular formula is C16H27ClN2O3Si. The molecule has 2 N–H and O–H groups in total. The molecule has 0 amide bonds. The average Bonchev–Trinajstić information content (AvgIpc) is 2.44. The Morgan fingerprint density at radius 2 is 2.04 bits per heavy atom. The second-order valence-electron chi connectivity index (χ2n) is 6.96. The third kappa shape index (κ3) is 5.01. The largest absolute Gasteiger partial charge is 0.465 e. The van der Waals surface area contributed by atoms with E-state index in [4.69, 9.17) is 26.5 Å². The Morgan fingerprint density at radius 1 is 1.43 bits per heavy atom. The van der Waals surface area contributed by atoms with E-state index in [2.05, 4.69) is 38.8 Å². The van der Waals surface area contributed by atoms with E-state index < -0.39 is 26.4 Å². The van der Waals surface area contributed by atoms with Crippen LogP contribution in [-0.2, 0) is 14.0 Å². The minimum absolute atomic E-state index is 0.0334. The van der Waals surface area contributed by atoms with Crippen LogP contribution in [0, 0.1) is 0 Å². The molecule has 0 aromatic carbocycles. The molecule has 0 saturated heterocycles. The number of pyridine rings is 1. The lowest BCUT2D eigenvalue weighted by Gasteiger charge is -2.40. The number of esters is 1. The van der Waals surface area contributed by atoms with E-state index in [1.807, 2.05) is 0 Å². The maximum atomic E-state index is 12.1. The van der Waals surface area contributed by atoms with Crippen LogP contribution in [-0.4, -0.2) is 31.9 Å². The highest BCUT2D eigenvalue weighted by Crippen LogP contribution is 2.41. The molecule has 23 heavy (non-hydrogen) atoms. The van der Waals surface area contributed by atoms with E-state index in [0.717, 1.165) is 0 Å². The predicted octanol–water partition coefficient (Wildman–Crippen LogP) is 3.69. The van der Waals surface area contributed by atoms with Crippen LogP contribution in [0.4, 0.5) is 0 Å². The molecule has 130 valence electrons. The van der Waals surface area contributed by atoms with Crippen molar-refractivity contribution in [2.24, 2.45) is 5.73 Å². The summed E-state index contributed by atoms with van der Waals surface area (Å²) in [6.45, 7) is 12.6. The molecule has 2 atom stereocenters. The number of nitrogens with two attached hydrogens (primary N) is 1. The summed E-state index contributed by atoms with van der Waals surface area (Å²) in [4.78, 5) is 16.2. The van der Waals surface area contributed by atoms with Crippen molar-refractivity contribution in [2.75, 3.05) is 6.61 Å². The summed E-state index contributed by atoms with van der Waals surface area (Å²) in [5, 5.41) is 0.255. The molecule has 2 unspecified atom stereocenters. The fourth-order valence-electron chi connectivity index (χ4n) is 1.80. The van der Waals surface area contributed by atoms with Crippen molar-refractivity contribution in [3.63, 3.8) is 0 Å². The second kappa shape index (κ2) is 7.74. The first kappa shape index (κ1) is 20.1. The number of ether oxygens (including phenoxy) is 1. The van der Waals surface area contributed by atoms with Gasteiger partial charge in [-0.05, 0) is 31.1 Å². The topological polar surface area (TPSA) is 74.4 Å². The summed E-state index contributed by atoms with van der Waals surface area (Å²) < 4.78 is 11.4. The number of aromatic nitrogens is 1. The van der Waals surface area contributed by atoms with Gasteiger partial charge in [0.05, 0.1) is 12.7 Å². The second-order valence-corrected chi connectivity index (χ2v) is 12.1. The van der Waals surface area contributed by atoms with Crippen LogP contribution in [0.2, 0.25) is 23.3 Å². The highest BCUT2D eigenvalue weighted by molar-refractivity contribution is 6.74. The number of hydrogen-bond acceptors (Lipinski definition) is 5. The van der Waals surface area contributed by atoms with Crippen LogP contribution in [0.5, 0.6) is 0 Å². The van der Waals surface area contributed by atoms with Gasteiger partial charge in [0, 0.05) is 11.8 Å². The Bertz CT molecular complexity index is 546. The van der Waals surface area contributed by atoms with Crippen molar-refractivity contribution in [3.8, 4) is 0 Å². The number of carbonyl (C=O) groups is 1. The van der Waals surface area contributed by atoms with E-state index in [1.54, 1.807) is 25.3 Å². The van der Waals surface area contributed by atoms with E-state index in [9.17, 15) is 4.79 Å². The Hall–Kier alpha value is -0.953. The average molecular weight is 359 g/mol. The summed E-state index contributed by atoms with van der Waals surface area (Å²) in [7, 11) is -2.18. The molecule has 1 aromatic heterocycles. The molecule has 0 bridgehead atoms. The molecule has 5 nitrogen and oxygen atoms in total. The van der Waals surface area contributed by atoms with Gasteiger partial charge < -0.3 is 14.9 Å². The Balaban J connectivity index is 3.22. The Labute approximate surface area is 144 Å². The zero-order valence-corrected chi connectivity index (χ0v) is 16.5.